The molecule has 16 heavy (non-hydrogen) atoms. The van der Waals surface area contributed by atoms with Crippen molar-refractivity contribution in [2.45, 2.75) is 12.5 Å². The zero-order valence-corrected chi connectivity index (χ0v) is 11.0. The van der Waals surface area contributed by atoms with E-state index in [0.29, 0.717) is 11.3 Å². The van der Waals surface area contributed by atoms with Gasteiger partial charge in [0.15, 0.2) is 0 Å². The van der Waals surface area contributed by atoms with Crippen molar-refractivity contribution in [3.8, 4) is 5.75 Å². The molecular weight excluding hydrogens is 274 g/mol. The standard InChI is InChI=1S/C11H14BrNO3/c1-11(13,10(14)16-3)7-4-5-9(15-2)8(12)6-7/h4-6H,13H2,1-3H3. The maximum absolute atomic E-state index is 11.5. The third-order valence-electron chi connectivity index (χ3n) is 2.36. The van der Waals surface area contributed by atoms with E-state index in [1.165, 1.54) is 7.11 Å². The van der Waals surface area contributed by atoms with Gasteiger partial charge in [-0.3, -0.25) is 0 Å². The molecular formula is C11H14BrNO3. The van der Waals surface area contributed by atoms with Crippen molar-refractivity contribution >= 4 is 21.9 Å². The third kappa shape index (κ3) is 2.36. The summed E-state index contributed by atoms with van der Waals surface area (Å²) in [5, 5.41) is 0. The van der Waals surface area contributed by atoms with E-state index >= 15 is 0 Å². The molecule has 4 nitrogen and oxygen atoms in total. The number of methoxy groups -OCH3 is 2. The average molecular weight is 288 g/mol. The van der Waals surface area contributed by atoms with Crippen LogP contribution in [0.2, 0.25) is 0 Å². The molecule has 2 N–H and O–H groups in total. The topological polar surface area (TPSA) is 61.5 Å². The summed E-state index contributed by atoms with van der Waals surface area (Å²) in [6.07, 6.45) is 0. The molecule has 1 aromatic carbocycles. The molecule has 5 heteroatoms. The van der Waals surface area contributed by atoms with E-state index in [1.54, 1.807) is 32.2 Å². The summed E-state index contributed by atoms with van der Waals surface area (Å²) >= 11 is 3.34. The molecule has 0 amide bonds. The molecule has 0 saturated heterocycles. The number of esters is 1. The van der Waals surface area contributed by atoms with Gasteiger partial charge >= 0.3 is 5.97 Å². The first-order valence-corrected chi connectivity index (χ1v) is 5.44. The van der Waals surface area contributed by atoms with Crippen LogP contribution in [0.3, 0.4) is 0 Å². The van der Waals surface area contributed by atoms with Gasteiger partial charge in [-0.1, -0.05) is 6.07 Å². The fraction of sp³-hybridized carbons (Fsp3) is 0.364. The van der Waals surface area contributed by atoms with Gasteiger partial charge in [0.2, 0.25) is 0 Å². The lowest BCUT2D eigenvalue weighted by Gasteiger charge is -2.22. The molecule has 88 valence electrons. The first kappa shape index (κ1) is 13.0. The quantitative estimate of drug-likeness (QED) is 0.862. The van der Waals surface area contributed by atoms with Crippen LogP contribution >= 0.6 is 15.9 Å². The number of rotatable bonds is 3. The summed E-state index contributed by atoms with van der Waals surface area (Å²) in [6.45, 7) is 1.60. The van der Waals surface area contributed by atoms with E-state index in [-0.39, 0.29) is 0 Å². The molecule has 0 bridgehead atoms. The van der Waals surface area contributed by atoms with Crippen LogP contribution in [0.1, 0.15) is 12.5 Å². The van der Waals surface area contributed by atoms with Gasteiger partial charge in [0.1, 0.15) is 11.3 Å². The molecule has 0 spiro atoms. The molecule has 1 atom stereocenters. The Kier molecular flexibility index (Phi) is 3.93. The molecule has 0 fully saturated rings. The zero-order chi connectivity index (χ0) is 12.3. The summed E-state index contributed by atoms with van der Waals surface area (Å²) in [5.74, 6) is 0.203. The van der Waals surface area contributed by atoms with Crippen molar-refractivity contribution in [3.63, 3.8) is 0 Å². The Bertz CT molecular complexity index is 404. The van der Waals surface area contributed by atoms with Crippen LogP contribution in [0.25, 0.3) is 0 Å². The fourth-order valence-corrected chi connectivity index (χ4v) is 1.86. The number of carbonyl (C=O) groups is 1. The number of nitrogens with two attached hydrogens (primary N) is 1. The number of benzene rings is 1. The second kappa shape index (κ2) is 4.84. The van der Waals surface area contributed by atoms with E-state index in [2.05, 4.69) is 20.7 Å². The lowest BCUT2D eigenvalue weighted by molar-refractivity contribution is -0.146. The van der Waals surface area contributed by atoms with Gasteiger partial charge in [-0.15, -0.1) is 0 Å². The van der Waals surface area contributed by atoms with Gasteiger partial charge in [-0.2, -0.15) is 0 Å². The van der Waals surface area contributed by atoms with Crippen LogP contribution in [0.4, 0.5) is 0 Å². The number of halogens is 1. The first-order chi connectivity index (χ1) is 7.43. The van der Waals surface area contributed by atoms with Crippen molar-refractivity contribution in [2.75, 3.05) is 14.2 Å². The number of carbonyl (C=O) groups excluding carboxylic acids is 1. The van der Waals surface area contributed by atoms with E-state index in [0.717, 1.165) is 4.47 Å². The third-order valence-corrected chi connectivity index (χ3v) is 2.98. The van der Waals surface area contributed by atoms with E-state index < -0.39 is 11.5 Å². The zero-order valence-electron chi connectivity index (χ0n) is 9.41. The molecule has 0 radical (unpaired) electrons. The highest BCUT2D eigenvalue weighted by atomic mass is 79.9. The molecule has 0 aliphatic rings. The van der Waals surface area contributed by atoms with Gasteiger partial charge in [0, 0.05) is 0 Å². The highest BCUT2D eigenvalue weighted by Crippen LogP contribution is 2.29. The van der Waals surface area contributed by atoms with Crippen LogP contribution in [0, 0.1) is 0 Å². The summed E-state index contributed by atoms with van der Waals surface area (Å²) in [5.41, 5.74) is 5.41. The largest absolute Gasteiger partial charge is 0.496 e. The van der Waals surface area contributed by atoms with Crippen LogP contribution in [-0.4, -0.2) is 20.2 Å². The normalized spacial score (nSPS) is 14.1. The number of hydrogen-bond acceptors (Lipinski definition) is 4. The summed E-state index contributed by atoms with van der Waals surface area (Å²) < 4.78 is 10.5. The Morgan fingerprint density at radius 1 is 1.44 bits per heavy atom. The second-order valence-corrected chi connectivity index (χ2v) is 4.40. The SMILES string of the molecule is COC(=O)C(C)(N)c1ccc(OC)c(Br)c1. The van der Waals surface area contributed by atoms with Gasteiger partial charge in [-0.25, -0.2) is 4.79 Å². The van der Waals surface area contributed by atoms with Crippen molar-refractivity contribution in [1.82, 2.24) is 0 Å². The van der Waals surface area contributed by atoms with Gasteiger partial charge < -0.3 is 15.2 Å². The molecule has 0 aliphatic heterocycles. The van der Waals surface area contributed by atoms with Gasteiger partial charge in [-0.05, 0) is 40.5 Å². The van der Waals surface area contributed by atoms with Gasteiger partial charge in [0.25, 0.3) is 0 Å². The lowest BCUT2D eigenvalue weighted by Crippen LogP contribution is -2.42. The van der Waals surface area contributed by atoms with Gasteiger partial charge in [0.05, 0.1) is 18.7 Å². The van der Waals surface area contributed by atoms with E-state index in [1.807, 2.05) is 0 Å². The Morgan fingerprint density at radius 3 is 2.50 bits per heavy atom. The second-order valence-electron chi connectivity index (χ2n) is 3.54. The first-order valence-electron chi connectivity index (χ1n) is 4.64. The predicted molar refractivity (Wildman–Crippen MR) is 64.2 cm³/mol. The maximum Gasteiger partial charge on any atom is 0.330 e. The Balaban J connectivity index is 3.14. The summed E-state index contributed by atoms with van der Waals surface area (Å²) in [4.78, 5) is 11.5. The van der Waals surface area contributed by atoms with Crippen molar-refractivity contribution < 1.29 is 14.3 Å². The predicted octanol–water partition coefficient (Wildman–Crippen LogP) is 1.80. The minimum atomic E-state index is -1.16. The monoisotopic (exact) mass is 287 g/mol. The Hall–Kier alpha value is -1.07. The maximum atomic E-state index is 11.5. The molecule has 0 heterocycles. The van der Waals surface area contributed by atoms with Crippen molar-refractivity contribution in [2.24, 2.45) is 5.73 Å². The highest BCUT2D eigenvalue weighted by molar-refractivity contribution is 9.10. The van der Waals surface area contributed by atoms with E-state index in [9.17, 15) is 4.79 Å². The van der Waals surface area contributed by atoms with Crippen LogP contribution in [-0.2, 0) is 15.1 Å². The highest BCUT2D eigenvalue weighted by Gasteiger charge is 2.32. The molecule has 0 aliphatic carbocycles. The van der Waals surface area contributed by atoms with Crippen molar-refractivity contribution in [3.05, 3.63) is 28.2 Å². The summed E-state index contributed by atoms with van der Waals surface area (Å²) in [7, 11) is 2.88. The van der Waals surface area contributed by atoms with Crippen LogP contribution in [0.5, 0.6) is 5.75 Å². The minimum Gasteiger partial charge on any atom is -0.496 e. The number of hydrogen-bond donors (Lipinski definition) is 1. The Labute approximate surface area is 103 Å². The Morgan fingerprint density at radius 2 is 2.06 bits per heavy atom. The van der Waals surface area contributed by atoms with Crippen LogP contribution < -0.4 is 10.5 Å². The minimum absolute atomic E-state index is 0.482. The molecule has 1 unspecified atom stereocenters. The molecule has 1 rings (SSSR count). The molecule has 0 aromatic heterocycles. The molecule has 1 aromatic rings. The molecule has 0 saturated carbocycles. The van der Waals surface area contributed by atoms with Crippen LogP contribution in [0.15, 0.2) is 22.7 Å². The average Bonchev–Trinajstić information content (AvgIpc) is 2.27. The van der Waals surface area contributed by atoms with E-state index in [4.69, 9.17) is 10.5 Å². The fourth-order valence-electron chi connectivity index (χ4n) is 1.32. The lowest BCUT2D eigenvalue weighted by atomic mass is 9.93. The van der Waals surface area contributed by atoms with Crippen molar-refractivity contribution in [1.29, 1.82) is 0 Å². The number of ether oxygens (including phenoxy) is 2. The summed E-state index contributed by atoms with van der Waals surface area (Å²) in [6, 6.07) is 5.23. The smallest absolute Gasteiger partial charge is 0.330 e.